The van der Waals surface area contributed by atoms with Crippen LogP contribution in [0.15, 0.2) is 55.2 Å². The van der Waals surface area contributed by atoms with Gasteiger partial charge in [-0.15, -0.1) is 0 Å². The van der Waals surface area contributed by atoms with Crippen LogP contribution in [-0.4, -0.2) is 49.0 Å². The van der Waals surface area contributed by atoms with Crippen molar-refractivity contribution in [3.63, 3.8) is 0 Å². The van der Waals surface area contributed by atoms with Crippen molar-refractivity contribution in [2.24, 2.45) is 5.73 Å². The number of aryl methyl sites for hydroxylation is 1. The van der Waals surface area contributed by atoms with Crippen molar-refractivity contribution >= 4 is 39.5 Å². The molecule has 10 heteroatoms. The molecule has 0 atom stereocenters. The highest BCUT2D eigenvalue weighted by molar-refractivity contribution is 5.87. The number of H-pyrrole nitrogens is 1. The molecular weight excluding hydrogens is 442 g/mol. The van der Waals surface area contributed by atoms with Gasteiger partial charge in [0.2, 0.25) is 5.95 Å². The molecule has 4 N–H and O–H groups in total. The Labute approximate surface area is 201 Å². The molecule has 176 valence electrons. The number of benzene rings is 2. The minimum atomic E-state index is 0.246. The summed E-state index contributed by atoms with van der Waals surface area (Å²) >= 11 is 0. The minimum Gasteiger partial charge on any atom is -0.457 e. The first kappa shape index (κ1) is 21.2. The van der Waals surface area contributed by atoms with Crippen molar-refractivity contribution in [3.05, 3.63) is 60.8 Å². The largest absolute Gasteiger partial charge is 0.457 e. The number of ether oxygens (including phenoxy) is 1. The van der Waals surface area contributed by atoms with Gasteiger partial charge in [0.1, 0.15) is 28.9 Å². The van der Waals surface area contributed by atoms with Gasteiger partial charge >= 0.3 is 0 Å². The lowest BCUT2D eigenvalue weighted by Gasteiger charge is -2.30. The average Bonchev–Trinajstić information content (AvgIpc) is 3.34. The van der Waals surface area contributed by atoms with Crippen LogP contribution in [-0.2, 0) is 0 Å². The average molecular weight is 468 g/mol. The number of piperidine rings is 1. The summed E-state index contributed by atoms with van der Waals surface area (Å²) in [5.41, 5.74) is 11.1. The second kappa shape index (κ2) is 8.80. The van der Waals surface area contributed by atoms with Gasteiger partial charge in [-0.05, 0) is 55.7 Å². The molecule has 5 aromatic rings. The van der Waals surface area contributed by atoms with Gasteiger partial charge in [0, 0.05) is 30.9 Å². The molecule has 0 unspecified atom stereocenters. The first-order valence-corrected chi connectivity index (χ1v) is 11.6. The van der Waals surface area contributed by atoms with Gasteiger partial charge in [-0.1, -0.05) is 0 Å². The van der Waals surface area contributed by atoms with Gasteiger partial charge in [0.25, 0.3) is 0 Å². The number of aromatic amines is 1. The monoisotopic (exact) mass is 467 g/mol. The van der Waals surface area contributed by atoms with Crippen LogP contribution in [0, 0.1) is 6.92 Å². The Kier molecular flexibility index (Phi) is 5.34. The first-order chi connectivity index (χ1) is 17.1. The Morgan fingerprint density at radius 1 is 1.03 bits per heavy atom. The SMILES string of the molecule is Cc1cc(Nc2ncnc3cnc(N4CCC(N)CC4)nc23)ccc1Oc1ccc2nc[nH]c2c1. The second-order valence-corrected chi connectivity index (χ2v) is 8.74. The number of anilines is 3. The quantitative estimate of drug-likeness (QED) is 0.350. The topological polar surface area (TPSA) is 131 Å². The van der Waals surface area contributed by atoms with E-state index in [4.69, 9.17) is 15.5 Å². The molecule has 0 spiro atoms. The summed E-state index contributed by atoms with van der Waals surface area (Å²) in [5.74, 6) is 2.83. The maximum absolute atomic E-state index is 6.12. The fourth-order valence-electron chi connectivity index (χ4n) is 4.27. The minimum absolute atomic E-state index is 0.246. The van der Waals surface area contributed by atoms with Crippen molar-refractivity contribution in [1.29, 1.82) is 0 Å². The molecule has 1 aliphatic rings. The summed E-state index contributed by atoms with van der Waals surface area (Å²) in [7, 11) is 0. The van der Waals surface area contributed by atoms with E-state index in [9.17, 15) is 0 Å². The molecule has 0 bridgehead atoms. The summed E-state index contributed by atoms with van der Waals surface area (Å²) in [5, 5.41) is 3.39. The molecule has 1 saturated heterocycles. The van der Waals surface area contributed by atoms with Gasteiger partial charge in [-0.3, -0.25) is 0 Å². The smallest absolute Gasteiger partial charge is 0.226 e. The van der Waals surface area contributed by atoms with Crippen LogP contribution in [0.5, 0.6) is 11.5 Å². The molecule has 1 fully saturated rings. The molecule has 0 saturated carbocycles. The Morgan fingerprint density at radius 2 is 1.91 bits per heavy atom. The van der Waals surface area contributed by atoms with Crippen LogP contribution in [0.1, 0.15) is 18.4 Å². The highest BCUT2D eigenvalue weighted by Gasteiger charge is 2.19. The number of aromatic nitrogens is 6. The summed E-state index contributed by atoms with van der Waals surface area (Å²) in [6, 6.07) is 11.9. The highest BCUT2D eigenvalue weighted by Crippen LogP contribution is 2.30. The van der Waals surface area contributed by atoms with E-state index in [1.165, 1.54) is 6.33 Å². The van der Waals surface area contributed by atoms with Crippen LogP contribution in [0.3, 0.4) is 0 Å². The maximum atomic E-state index is 6.12. The molecule has 4 heterocycles. The van der Waals surface area contributed by atoms with E-state index in [0.29, 0.717) is 22.8 Å². The van der Waals surface area contributed by atoms with E-state index in [2.05, 4.69) is 35.1 Å². The van der Waals surface area contributed by atoms with Crippen LogP contribution in [0.2, 0.25) is 0 Å². The van der Waals surface area contributed by atoms with Gasteiger partial charge in [0.15, 0.2) is 5.82 Å². The van der Waals surface area contributed by atoms with Crippen molar-refractivity contribution in [2.75, 3.05) is 23.3 Å². The lowest BCUT2D eigenvalue weighted by Crippen LogP contribution is -2.40. The standard InChI is InChI=1S/C25H25N9O/c1-15-10-17(2-5-22(15)35-18-3-4-19-20(11-18)29-13-28-19)32-24-23-21(30-14-31-24)12-27-25(33-23)34-8-6-16(26)7-9-34/h2-5,10-14,16H,6-9,26H2,1H3,(H,28,29)(H,30,31,32). The third-order valence-electron chi connectivity index (χ3n) is 6.24. The Bertz CT molecular complexity index is 1510. The van der Waals surface area contributed by atoms with Gasteiger partial charge in [-0.2, -0.15) is 0 Å². The van der Waals surface area contributed by atoms with E-state index in [1.54, 1.807) is 12.5 Å². The van der Waals surface area contributed by atoms with Gasteiger partial charge < -0.3 is 25.7 Å². The molecule has 3 aromatic heterocycles. The van der Waals surface area contributed by atoms with E-state index in [0.717, 1.165) is 59.7 Å². The van der Waals surface area contributed by atoms with E-state index < -0.39 is 0 Å². The molecule has 0 aliphatic carbocycles. The second-order valence-electron chi connectivity index (χ2n) is 8.74. The Morgan fingerprint density at radius 3 is 2.77 bits per heavy atom. The Balaban J connectivity index is 1.24. The summed E-state index contributed by atoms with van der Waals surface area (Å²) in [4.78, 5) is 27.6. The molecule has 2 aromatic carbocycles. The number of fused-ring (bicyclic) bond motifs is 2. The maximum Gasteiger partial charge on any atom is 0.226 e. The number of nitrogens with zero attached hydrogens (tertiary/aromatic N) is 6. The normalized spacial score (nSPS) is 14.5. The summed E-state index contributed by atoms with van der Waals surface area (Å²) < 4.78 is 6.12. The fourth-order valence-corrected chi connectivity index (χ4v) is 4.27. The predicted octanol–water partition coefficient (Wildman–Crippen LogP) is 4.07. The molecule has 1 aliphatic heterocycles. The lowest BCUT2D eigenvalue weighted by atomic mass is 10.1. The zero-order valence-electron chi connectivity index (χ0n) is 19.3. The van der Waals surface area contributed by atoms with Crippen molar-refractivity contribution in [2.45, 2.75) is 25.8 Å². The van der Waals surface area contributed by atoms with E-state index >= 15 is 0 Å². The van der Waals surface area contributed by atoms with Crippen molar-refractivity contribution in [1.82, 2.24) is 29.9 Å². The van der Waals surface area contributed by atoms with E-state index in [-0.39, 0.29) is 6.04 Å². The number of nitrogens with one attached hydrogen (secondary N) is 2. The molecule has 6 rings (SSSR count). The van der Waals surface area contributed by atoms with Crippen molar-refractivity contribution in [3.8, 4) is 11.5 Å². The fraction of sp³-hybridized carbons (Fsp3) is 0.240. The molecular formula is C25H25N9O. The molecule has 35 heavy (non-hydrogen) atoms. The molecule has 0 amide bonds. The van der Waals surface area contributed by atoms with Crippen LogP contribution < -0.4 is 20.7 Å². The zero-order chi connectivity index (χ0) is 23.8. The third kappa shape index (κ3) is 4.31. The van der Waals surface area contributed by atoms with Gasteiger partial charge in [-0.25, -0.2) is 24.9 Å². The first-order valence-electron chi connectivity index (χ1n) is 11.6. The number of nitrogens with two attached hydrogens (primary N) is 1. The highest BCUT2D eigenvalue weighted by atomic mass is 16.5. The number of rotatable bonds is 5. The number of hydrogen-bond donors (Lipinski definition) is 3. The third-order valence-corrected chi connectivity index (χ3v) is 6.24. The zero-order valence-corrected chi connectivity index (χ0v) is 19.3. The van der Waals surface area contributed by atoms with Crippen LogP contribution in [0.25, 0.3) is 22.1 Å². The predicted molar refractivity (Wildman–Crippen MR) is 135 cm³/mol. The molecule has 0 radical (unpaired) electrons. The van der Waals surface area contributed by atoms with Crippen LogP contribution in [0.4, 0.5) is 17.5 Å². The summed E-state index contributed by atoms with van der Waals surface area (Å²) in [6.07, 6.45) is 6.80. The Hall–Kier alpha value is -4.31. The van der Waals surface area contributed by atoms with E-state index in [1.807, 2.05) is 43.3 Å². The van der Waals surface area contributed by atoms with Crippen molar-refractivity contribution < 1.29 is 4.74 Å². The molecule has 10 nitrogen and oxygen atoms in total. The number of hydrogen-bond acceptors (Lipinski definition) is 9. The van der Waals surface area contributed by atoms with Crippen LogP contribution >= 0.6 is 0 Å². The number of imidazole rings is 1. The van der Waals surface area contributed by atoms with Gasteiger partial charge in [0.05, 0.1) is 23.6 Å². The summed E-state index contributed by atoms with van der Waals surface area (Å²) in [6.45, 7) is 3.70. The lowest BCUT2D eigenvalue weighted by molar-refractivity contribution is 0.479.